The number of carbonyl (C=O) groups is 8. The number of rotatable bonds is 21. The first-order valence-corrected chi connectivity index (χ1v) is 27.8. The molecule has 410 valence electrons. The summed E-state index contributed by atoms with van der Waals surface area (Å²) in [4.78, 5) is 116. The van der Waals surface area contributed by atoms with Gasteiger partial charge in [0.05, 0.1) is 24.2 Å². The normalized spacial score (nSPS) is 22.5. The van der Waals surface area contributed by atoms with Gasteiger partial charge in [0.2, 0.25) is 35.4 Å². The molecular formula is C59H81N9O8. The van der Waals surface area contributed by atoms with Gasteiger partial charge in [-0.05, 0) is 121 Å². The van der Waals surface area contributed by atoms with Crippen molar-refractivity contribution >= 4 is 47.1 Å². The lowest BCUT2D eigenvalue weighted by Gasteiger charge is -2.35. The van der Waals surface area contributed by atoms with E-state index in [-0.39, 0.29) is 109 Å². The van der Waals surface area contributed by atoms with E-state index in [0.717, 1.165) is 75.3 Å². The molecule has 7 N–H and O–H groups in total. The third-order valence-electron chi connectivity index (χ3n) is 16.5. The fraction of sp³-hybridized carbons (Fsp3) is 0.559. The molecule has 2 aliphatic heterocycles. The van der Waals surface area contributed by atoms with Crippen molar-refractivity contribution in [1.82, 2.24) is 47.0 Å². The summed E-state index contributed by atoms with van der Waals surface area (Å²) in [6.07, 6.45) is 9.37. The largest absolute Gasteiger partial charge is 0.348 e. The van der Waals surface area contributed by atoms with Crippen LogP contribution in [0.25, 0.3) is 0 Å². The fourth-order valence-electron chi connectivity index (χ4n) is 11.6. The van der Waals surface area contributed by atoms with Crippen LogP contribution in [0, 0.1) is 17.8 Å². The van der Waals surface area contributed by atoms with E-state index in [9.17, 15) is 38.4 Å². The molecule has 17 nitrogen and oxygen atoms in total. The maximum absolute atomic E-state index is 14.8. The highest BCUT2D eigenvalue weighted by molar-refractivity contribution is 6.00. The minimum atomic E-state index is -0.924. The summed E-state index contributed by atoms with van der Waals surface area (Å²) in [6.45, 7) is 7.43. The Balaban J connectivity index is 1.05. The molecule has 4 fully saturated rings. The van der Waals surface area contributed by atoms with Crippen LogP contribution in [-0.4, -0.2) is 126 Å². The van der Waals surface area contributed by atoms with Gasteiger partial charge in [0.1, 0.15) is 24.2 Å². The Hall–Kier alpha value is -6.46. The van der Waals surface area contributed by atoms with Crippen LogP contribution in [0.15, 0.2) is 84.9 Å². The standard InChI is InChI=1S/C59H81N9O8/c1-36(41-19-11-7-12-20-41)62-56(73)48-31-40(34-67(48)58(75)51(44-23-15-9-16-24-44)65-53(70)38(3)60-5)32-50(69)43-27-29-46(30-28-43)55(72)64-47-33-49(57(74)63-37(2)42-21-13-8-14-22-42)68(35-47)59(76)52(45-25-17-10-18-26-45)66-54(71)39(4)61-6/h7-8,11-14,19-22,27-30,36-40,44-45,47-49,51-52,60-61H,9-10,15-18,23-26,31-35H2,1-6H3,(H,62,73)(H,63,74)(H,64,72)(H,65,70)(H,66,71)/t36-,37-,38+,39+,40-,47+,48+,49+,51+,52+/m1/s1. The van der Waals surface area contributed by atoms with Crippen molar-refractivity contribution in [1.29, 1.82) is 0 Å². The van der Waals surface area contributed by atoms with Crippen molar-refractivity contribution < 1.29 is 38.4 Å². The third-order valence-corrected chi connectivity index (χ3v) is 16.5. The molecule has 17 heteroatoms. The molecule has 0 spiro atoms. The van der Waals surface area contributed by atoms with Gasteiger partial charge in [0, 0.05) is 36.7 Å². The smallest absolute Gasteiger partial charge is 0.251 e. The van der Waals surface area contributed by atoms with E-state index in [1.807, 2.05) is 74.5 Å². The number of nitrogens with zero attached hydrogens (tertiary/aromatic N) is 2. The van der Waals surface area contributed by atoms with E-state index in [1.165, 1.54) is 4.90 Å². The molecule has 0 bridgehead atoms. The Morgan fingerprint density at radius 2 is 0.934 bits per heavy atom. The molecule has 2 heterocycles. The predicted molar refractivity (Wildman–Crippen MR) is 290 cm³/mol. The lowest BCUT2D eigenvalue weighted by Crippen LogP contribution is -2.58. The SMILES string of the molecule is CN[C@@H](C)C(=O)N[C@H](C(=O)N1C[C@@H](CC(=O)c2ccc(C(=O)N[C@H]3C[C@@H](C(=O)N[C@H](C)c4ccccc4)N(C(=O)[C@@H](NC(=O)[C@H](C)NC)C4CCCCC4)C3)cc2)C[C@H]1C(=O)N[C@H](C)c1ccccc1)C1CCCCC1. The summed E-state index contributed by atoms with van der Waals surface area (Å²) in [5.74, 6) is -3.18. The zero-order valence-electron chi connectivity index (χ0n) is 45.3. The zero-order chi connectivity index (χ0) is 54.5. The molecule has 7 rings (SSSR count). The quantitative estimate of drug-likeness (QED) is 0.0684. The highest BCUT2D eigenvalue weighted by Gasteiger charge is 2.47. The van der Waals surface area contributed by atoms with Crippen LogP contribution < -0.4 is 37.2 Å². The average Bonchev–Trinajstić information content (AvgIpc) is 4.08. The molecule has 0 radical (unpaired) electrons. The first-order valence-electron chi connectivity index (χ1n) is 27.8. The van der Waals surface area contributed by atoms with E-state index >= 15 is 0 Å². The first-order chi connectivity index (χ1) is 36.6. The molecule has 4 aliphatic rings. The van der Waals surface area contributed by atoms with Crippen LogP contribution in [0.4, 0.5) is 0 Å². The topological polar surface area (TPSA) is 227 Å². The van der Waals surface area contributed by atoms with Gasteiger partial charge >= 0.3 is 0 Å². The van der Waals surface area contributed by atoms with Crippen LogP contribution in [0.3, 0.4) is 0 Å². The van der Waals surface area contributed by atoms with Crippen molar-refractivity contribution in [3.05, 3.63) is 107 Å². The Labute approximate surface area is 448 Å². The van der Waals surface area contributed by atoms with E-state index < -0.39 is 48.2 Å². The number of amides is 7. The molecule has 2 saturated carbocycles. The number of Topliss-reactive ketones (excluding diaryl/α,β-unsaturated/α-hetero) is 1. The molecule has 3 aromatic rings. The van der Waals surface area contributed by atoms with Crippen molar-refractivity contribution in [2.45, 2.75) is 166 Å². The number of likely N-dealkylation sites (N-methyl/N-ethyl adjacent to an activating group) is 2. The van der Waals surface area contributed by atoms with Crippen molar-refractivity contribution in [2.75, 3.05) is 27.2 Å². The Bertz CT molecular complexity index is 2310. The molecule has 10 atom stereocenters. The highest BCUT2D eigenvalue weighted by atomic mass is 16.2. The minimum Gasteiger partial charge on any atom is -0.348 e. The lowest BCUT2D eigenvalue weighted by molar-refractivity contribution is -0.143. The summed E-state index contributed by atoms with van der Waals surface area (Å²) in [6, 6.07) is 19.5. The number of hydrogen-bond donors (Lipinski definition) is 7. The van der Waals surface area contributed by atoms with E-state index in [2.05, 4.69) is 37.2 Å². The average molecular weight is 1040 g/mol. The van der Waals surface area contributed by atoms with Gasteiger partial charge in [-0.1, -0.05) is 111 Å². The number of nitrogens with one attached hydrogen (secondary N) is 7. The zero-order valence-corrected chi connectivity index (χ0v) is 45.3. The summed E-state index contributed by atoms with van der Waals surface area (Å²) in [5, 5.41) is 21.2. The second kappa shape index (κ2) is 27.0. The summed E-state index contributed by atoms with van der Waals surface area (Å²) in [7, 11) is 3.37. The van der Waals surface area contributed by atoms with Crippen molar-refractivity contribution in [3.63, 3.8) is 0 Å². The van der Waals surface area contributed by atoms with Crippen molar-refractivity contribution in [2.24, 2.45) is 17.8 Å². The Morgan fingerprint density at radius 3 is 1.38 bits per heavy atom. The Kier molecular flexibility index (Phi) is 20.4. The van der Waals surface area contributed by atoms with E-state index in [1.54, 1.807) is 57.1 Å². The molecular weight excluding hydrogens is 963 g/mol. The maximum atomic E-state index is 14.8. The summed E-state index contributed by atoms with van der Waals surface area (Å²) < 4.78 is 0. The number of hydrogen-bond acceptors (Lipinski definition) is 10. The van der Waals surface area contributed by atoms with Gasteiger partial charge in [0.25, 0.3) is 5.91 Å². The van der Waals surface area contributed by atoms with Crippen LogP contribution in [0.1, 0.15) is 155 Å². The number of benzene rings is 3. The third kappa shape index (κ3) is 14.5. The monoisotopic (exact) mass is 1040 g/mol. The molecule has 7 amide bonds. The van der Waals surface area contributed by atoms with Gasteiger partial charge in [-0.2, -0.15) is 0 Å². The van der Waals surface area contributed by atoms with Gasteiger partial charge in [-0.15, -0.1) is 0 Å². The van der Waals surface area contributed by atoms with Crippen LogP contribution >= 0.6 is 0 Å². The maximum Gasteiger partial charge on any atom is 0.251 e. The van der Waals surface area contributed by atoms with Gasteiger partial charge in [0.15, 0.2) is 5.78 Å². The number of ketones is 1. The molecule has 0 aromatic heterocycles. The van der Waals surface area contributed by atoms with E-state index in [0.29, 0.717) is 5.56 Å². The predicted octanol–water partition coefficient (Wildman–Crippen LogP) is 5.28. The van der Waals surface area contributed by atoms with Crippen LogP contribution in [-0.2, 0) is 28.8 Å². The fourth-order valence-corrected chi connectivity index (χ4v) is 11.6. The van der Waals surface area contributed by atoms with E-state index in [4.69, 9.17) is 0 Å². The summed E-state index contributed by atoms with van der Waals surface area (Å²) in [5.41, 5.74) is 2.44. The first kappa shape index (κ1) is 57.2. The van der Waals surface area contributed by atoms with Gasteiger partial charge in [-0.25, -0.2) is 0 Å². The molecule has 2 saturated heterocycles. The van der Waals surface area contributed by atoms with Crippen LogP contribution in [0.2, 0.25) is 0 Å². The molecule has 0 unspecified atom stereocenters. The van der Waals surface area contributed by atoms with Gasteiger partial charge in [-0.3, -0.25) is 38.4 Å². The summed E-state index contributed by atoms with van der Waals surface area (Å²) >= 11 is 0. The lowest BCUT2D eigenvalue weighted by atomic mass is 9.83. The minimum absolute atomic E-state index is 0.0407. The second-order valence-electron chi connectivity index (χ2n) is 21.8. The molecule has 3 aromatic carbocycles. The second-order valence-corrected chi connectivity index (χ2v) is 21.8. The number of carbonyl (C=O) groups excluding carboxylic acids is 8. The highest BCUT2D eigenvalue weighted by Crippen LogP contribution is 2.34. The van der Waals surface area contributed by atoms with Crippen LogP contribution in [0.5, 0.6) is 0 Å². The Morgan fingerprint density at radius 1 is 0.513 bits per heavy atom. The van der Waals surface area contributed by atoms with Crippen molar-refractivity contribution in [3.8, 4) is 0 Å². The molecule has 76 heavy (non-hydrogen) atoms. The molecule has 2 aliphatic carbocycles. The van der Waals surface area contributed by atoms with Gasteiger partial charge < -0.3 is 47.0 Å². The number of likely N-dealkylation sites (tertiary alicyclic amines) is 2.